The fourth-order valence-corrected chi connectivity index (χ4v) is 1.24. The minimum Gasteiger partial charge on any atom is -0.480 e. The molecule has 0 saturated heterocycles. The van der Waals surface area contributed by atoms with Crippen LogP contribution in [-0.4, -0.2) is 38.2 Å². The van der Waals surface area contributed by atoms with Crippen LogP contribution in [0.3, 0.4) is 0 Å². The molecule has 1 amide bonds. The highest BCUT2D eigenvalue weighted by atomic mass is 16.4. The Bertz CT molecular complexity index is 424. The molecule has 1 heterocycles. The zero-order valence-electron chi connectivity index (χ0n) is 8.73. The number of carbonyl (C=O) groups is 2. The van der Waals surface area contributed by atoms with Gasteiger partial charge in [0, 0.05) is 5.92 Å². The first kappa shape index (κ1) is 10.6. The van der Waals surface area contributed by atoms with E-state index in [2.05, 4.69) is 20.5 Å². The minimum absolute atomic E-state index is 0.00463. The van der Waals surface area contributed by atoms with Crippen molar-refractivity contribution in [2.24, 2.45) is 0 Å². The third kappa shape index (κ3) is 2.18. The average molecular weight is 224 g/mol. The normalized spacial score (nSPS) is 16.8. The average Bonchev–Trinajstić information content (AvgIpc) is 2.96. The van der Waals surface area contributed by atoms with Gasteiger partial charge in [-0.05, 0) is 19.8 Å². The van der Waals surface area contributed by atoms with Crippen molar-refractivity contribution < 1.29 is 14.7 Å². The fourth-order valence-electron chi connectivity index (χ4n) is 1.24. The number of carbonyl (C=O) groups excluding carboxylic acids is 1. The summed E-state index contributed by atoms with van der Waals surface area (Å²) in [5, 5.41) is 17.3. The summed E-state index contributed by atoms with van der Waals surface area (Å²) < 4.78 is 0. The molecule has 1 atom stereocenters. The molecule has 7 heteroatoms. The molecular formula is C9H12N4O3. The second kappa shape index (κ2) is 3.92. The minimum atomic E-state index is -1.09. The number of aliphatic carboxylic acids is 1. The number of rotatable bonds is 4. The highest BCUT2D eigenvalue weighted by Gasteiger charge is 2.28. The quantitative estimate of drug-likeness (QED) is 0.661. The van der Waals surface area contributed by atoms with Gasteiger partial charge >= 0.3 is 5.97 Å². The summed E-state index contributed by atoms with van der Waals surface area (Å²) >= 11 is 0. The Hall–Kier alpha value is -1.92. The number of aromatic amines is 1. The van der Waals surface area contributed by atoms with Crippen LogP contribution >= 0.6 is 0 Å². The van der Waals surface area contributed by atoms with Crippen molar-refractivity contribution in [3.8, 4) is 0 Å². The largest absolute Gasteiger partial charge is 0.480 e. The summed E-state index contributed by atoms with van der Waals surface area (Å²) in [4.78, 5) is 26.0. The molecule has 0 bridgehead atoms. The summed E-state index contributed by atoms with van der Waals surface area (Å²) in [6.45, 7) is 1.38. The standard InChI is InChI=1S/C9H12N4O3/c1-4(9(15)16)10-8(14)7-11-6(12-13-7)5-2-3-5/h4-5H,2-3H2,1H3,(H,10,14)(H,15,16)(H,11,12,13)/t4-/m1/s1. The van der Waals surface area contributed by atoms with Crippen LogP contribution in [0.15, 0.2) is 0 Å². The third-order valence-electron chi connectivity index (χ3n) is 2.39. The maximum absolute atomic E-state index is 11.5. The van der Waals surface area contributed by atoms with Crippen LogP contribution in [0.5, 0.6) is 0 Å². The van der Waals surface area contributed by atoms with Crippen molar-refractivity contribution in [1.29, 1.82) is 0 Å². The Kier molecular flexibility index (Phi) is 2.59. The lowest BCUT2D eigenvalue weighted by molar-refractivity contribution is -0.138. The van der Waals surface area contributed by atoms with Gasteiger partial charge in [0.25, 0.3) is 5.91 Å². The van der Waals surface area contributed by atoms with Crippen molar-refractivity contribution in [3.63, 3.8) is 0 Å². The predicted octanol–water partition coefficient (Wildman–Crippen LogP) is -0.115. The first-order valence-corrected chi connectivity index (χ1v) is 5.04. The molecule has 16 heavy (non-hydrogen) atoms. The first-order valence-electron chi connectivity index (χ1n) is 5.04. The Labute approximate surface area is 91.3 Å². The van der Waals surface area contributed by atoms with E-state index in [0.717, 1.165) is 12.8 Å². The molecular weight excluding hydrogens is 212 g/mol. The van der Waals surface area contributed by atoms with Crippen molar-refractivity contribution in [2.75, 3.05) is 0 Å². The molecule has 0 unspecified atom stereocenters. The maximum Gasteiger partial charge on any atom is 0.325 e. The number of nitrogens with one attached hydrogen (secondary N) is 2. The number of carboxylic acids is 1. The summed E-state index contributed by atoms with van der Waals surface area (Å²) in [7, 11) is 0. The number of nitrogens with zero attached hydrogens (tertiary/aromatic N) is 2. The topological polar surface area (TPSA) is 108 Å². The smallest absolute Gasteiger partial charge is 0.325 e. The van der Waals surface area contributed by atoms with Crippen LogP contribution < -0.4 is 5.32 Å². The molecule has 1 aliphatic carbocycles. The molecule has 1 aromatic rings. The van der Waals surface area contributed by atoms with Gasteiger partial charge in [0.2, 0.25) is 5.82 Å². The first-order chi connectivity index (χ1) is 7.58. The molecule has 2 rings (SSSR count). The highest BCUT2D eigenvalue weighted by molar-refractivity contribution is 5.93. The zero-order chi connectivity index (χ0) is 11.7. The number of hydrogen-bond acceptors (Lipinski definition) is 4. The van der Waals surface area contributed by atoms with Gasteiger partial charge in [-0.1, -0.05) is 0 Å². The molecule has 1 aromatic heterocycles. The van der Waals surface area contributed by atoms with Crippen LogP contribution in [0, 0.1) is 0 Å². The predicted molar refractivity (Wildman–Crippen MR) is 52.9 cm³/mol. The Morgan fingerprint density at radius 2 is 2.25 bits per heavy atom. The van der Waals surface area contributed by atoms with Gasteiger partial charge in [-0.3, -0.25) is 14.7 Å². The number of hydrogen-bond donors (Lipinski definition) is 3. The SMILES string of the molecule is C[C@@H](NC(=O)c1n[nH]c(C2CC2)n1)C(=O)O. The Balaban J connectivity index is 1.99. The molecule has 0 radical (unpaired) electrons. The lowest BCUT2D eigenvalue weighted by atomic mass is 10.3. The van der Waals surface area contributed by atoms with E-state index >= 15 is 0 Å². The summed E-state index contributed by atoms with van der Waals surface area (Å²) in [6, 6.07) is -0.949. The molecule has 86 valence electrons. The number of H-pyrrole nitrogens is 1. The summed E-state index contributed by atoms with van der Waals surface area (Å²) in [6.07, 6.45) is 2.11. The van der Waals surface area contributed by atoms with Crippen LogP contribution in [0.1, 0.15) is 42.1 Å². The zero-order valence-corrected chi connectivity index (χ0v) is 8.73. The molecule has 3 N–H and O–H groups in total. The Morgan fingerprint density at radius 3 is 2.81 bits per heavy atom. The molecule has 1 aliphatic rings. The molecule has 0 aromatic carbocycles. The van der Waals surface area contributed by atoms with Gasteiger partial charge < -0.3 is 10.4 Å². The van der Waals surface area contributed by atoms with Gasteiger partial charge in [0.05, 0.1) is 0 Å². The molecule has 7 nitrogen and oxygen atoms in total. The van der Waals surface area contributed by atoms with E-state index < -0.39 is 17.9 Å². The summed E-state index contributed by atoms with van der Waals surface area (Å²) in [5.74, 6) is -0.585. The molecule has 1 saturated carbocycles. The van der Waals surface area contributed by atoms with E-state index in [1.807, 2.05) is 0 Å². The lowest BCUT2D eigenvalue weighted by Gasteiger charge is -2.05. The Morgan fingerprint density at radius 1 is 1.56 bits per heavy atom. The van der Waals surface area contributed by atoms with Crippen molar-refractivity contribution in [2.45, 2.75) is 31.7 Å². The number of carboxylic acid groups (broad SMARTS) is 1. The second-order valence-electron chi connectivity index (χ2n) is 3.85. The van der Waals surface area contributed by atoms with Gasteiger partial charge in [0.15, 0.2) is 0 Å². The van der Waals surface area contributed by atoms with Gasteiger partial charge in [-0.2, -0.15) is 0 Å². The van der Waals surface area contributed by atoms with Gasteiger partial charge in [-0.15, -0.1) is 5.10 Å². The van der Waals surface area contributed by atoms with Crippen LogP contribution in [0.2, 0.25) is 0 Å². The monoisotopic (exact) mass is 224 g/mol. The second-order valence-corrected chi connectivity index (χ2v) is 3.85. The lowest BCUT2D eigenvalue weighted by Crippen LogP contribution is -2.38. The molecule has 0 aliphatic heterocycles. The van der Waals surface area contributed by atoms with Crippen molar-refractivity contribution in [3.05, 3.63) is 11.6 Å². The fraction of sp³-hybridized carbons (Fsp3) is 0.556. The van der Waals surface area contributed by atoms with Crippen molar-refractivity contribution >= 4 is 11.9 Å². The van der Waals surface area contributed by atoms with Gasteiger partial charge in [0.1, 0.15) is 11.9 Å². The van der Waals surface area contributed by atoms with Crippen LogP contribution in [0.4, 0.5) is 0 Å². The van der Waals surface area contributed by atoms with E-state index in [1.54, 1.807) is 0 Å². The summed E-state index contributed by atoms with van der Waals surface area (Å²) in [5.41, 5.74) is 0. The van der Waals surface area contributed by atoms with E-state index in [9.17, 15) is 9.59 Å². The number of aromatic nitrogens is 3. The third-order valence-corrected chi connectivity index (χ3v) is 2.39. The maximum atomic E-state index is 11.5. The van der Waals surface area contributed by atoms with Gasteiger partial charge in [-0.25, -0.2) is 4.98 Å². The van der Waals surface area contributed by atoms with E-state index in [0.29, 0.717) is 11.7 Å². The van der Waals surface area contributed by atoms with E-state index in [-0.39, 0.29) is 5.82 Å². The highest BCUT2D eigenvalue weighted by Crippen LogP contribution is 2.37. The van der Waals surface area contributed by atoms with E-state index in [4.69, 9.17) is 5.11 Å². The van der Waals surface area contributed by atoms with Crippen LogP contribution in [-0.2, 0) is 4.79 Å². The molecule has 1 fully saturated rings. The van der Waals surface area contributed by atoms with Crippen molar-refractivity contribution in [1.82, 2.24) is 20.5 Å². The number of amides is 1. The molecule has 0 spiro atoms. The van der Waals surface area contributed by atoms with E-state index in [1.165, 1.54) is 6.92 Å². The van der Waals surface area contributed by atoms with Crippen LogP contribution in [0.25, 0.3) is 0 Å².